The Hall–Kier alpha value is -1.55. The van der Waals surface area contributed by atoms with Crippen LogP contribution >= 0.6 is 0 Å². The molecule has 2 fully saturated rings. The number of ether oxygens (including phenoxy) is 1. The molecule has 2 saturated heterocycles. The van der Waals surface area contributed by atoms with E-state index in [2.05, 4.69) is 5.32 Å². The zero-order valence-corrected chi connectivity index (χ0v) is 13.4. The van der Waals surface area contributed by atoms with Crippen LogP contribution in [0.1, 0.15) is 31.7 Å². The molecule has 0 aromatic heterocycles. The van der Waals surface area contributed by atoms with Gasteiger partial charge in [0.1, 0.15) is 5.75 Å². The first-order valence-electron chi connectivity index (χ1n) is 8.41. The summed E-state index contributed by atoms with van der Waals surface area (Å²) in [6.07, 6.45) is 4.07. The number of nitrogens with one attached hydrogen (secondary N) is 1. The summed E-state index contributed by atoms with van der Waals surface area (Å²) in [5.41, 5.74) is 1.53. The number of hydrogen-bond donors (Lipinski definition) is 1. The van der Waals surface area contributed by atoms with Gasteiger partial charge in [0.2, 0.25) is 5.91 Å². The number of likely N-dealkylation sites (tertiary alicyclic amines) is 1. The highest BCUT2D eigenvalue weighted by molar-refractivity contribution is 5.78. The lowest BCUT2D eigenvalue weighted by atomic mass is 9.78. The van der Waals surface area contributed by atoms with Gasteiger partial charge in [-0.1, -0.05) is 12.1 Å². The average Bonchev–Trinajstić information content (AvgIpc) is 2.98. The quantitative estimate of drug-likeness (QED) is 0.927. The normalized spacial score (nSPS) is 20.3. The van der Waals surface area contributed by atoms with Crippen LogP contribution in [0, 0.1) is 5.41 Å². The van der Waals surface area contributed by atoms with Crippen molar-refractivity contribution in [1.29, 1.82) is 0 Å². The van der Waals surface area contributed by atoms with Crippen LogP contribution in [0.15, 0.2) is 24.3 Å². The monoisotopic (exact) mass is 302 g/mol. The van der Waals surface area contributed by atoms with E-state index in [0.29, 0.717) is 18.4 Å². The van der Waals surface area contributed by atoms with Crippen molar-refractivity contribution >= 4 is 5.91 Å². The molecule has 2 aliphatic rings. The van der Waals surface area contributed by atoms with Gasteiger partial charge in [-0.3, -0.25) is 4.79 Å². The first-order valence-corrected chi connectivity index (χ1v) is 8.41. The molecule has 1 aromatic rings. The van der Waals surface area contributed by atoms with E-state index in [-0.39, 0.29) is 5.91 Å². The Bertz CT molecular complexity index is 496. The summed E-state index contributed by atoms with van der Waals surface area (Å²) in [6.45, 7) is 6.74. The molecule has 0 bridgehead atoms. The van der Waals surface area contributed by atoms with E-state index >= 15 is 0 Å². The van der Waals surface area contributed by atoms with Gasteiger partial charge >= 0.3 is 0 Å². The Morgan fingerprint density at radius 1 is 1.23 bits per heavy atom. The summed E-state index contributed by atoms with van der Waals surface area (Å²) in [6, 6.07) is 7.88. The second-order valence-corrected chi connectivity index (χ2v) is 6.56. The molecular formula is C18H26N2O2. The van der Waals surface area contributed by atoms with Gasteiger partial charge in [-0.15, -0.1) is 0 Å². The number of piperidine rings is 1. The highest BCUT2D eigenvalue weighted by Gasteiger charge is 2.37. The van der Waals surface area contributed by atoms with Crippen molar-refractivity contribution in [2.45, 2.75) is 32.6 Å². The van der Waals surface area contributed by atoms with Crippen LogP contribution in [0.4, 0.5) is 0 Å². The van der Waals surface area contributed by atoms with E-state index in [4.69, 9.17) is 4.74 Å². The minimum Gasteiger partial charge on any atom is -0.494 e. The zero-order valence-electron chi connectivity index (χ0n) is 13.4. The lowest BCUT2D eigenvalue weighted by molar-refractivity contribution is -0.132. The summed E-state index contributed by atoms with van der Waals surface area (Å²) < 4.78 is 5.43. The highest BCUT2D eigenvalue weighted by Crippen LogP contribution is 2.36. The van der Waals surface area contributed by atoms with E-state index in [9.17, 15) is 4.79 Å². The molecule has 0 unspecified atom stereocenters. The van der Waals surface area contributed by atoms with Crippen LogP contribution in [0.5, 0.6) is 5.75 Å². The Morgan fingerprint density at radius 2 is 1.95 bits per heavy atom. The molecule has 2 heterocycles. The molecule has 3 rings (SSSR count). The van der Waals surface area contributed by atoms with E-state index < -0.39 is 0 Å². The van der Waals surface area contributed by atoms with E-state index in [1.54, 1.807) is 0 Å². The van der Waals surface area contributed by atoms with Crippen molar-refractivity contribution in [1.82, 2.24) is 10.2 Å². The molecule has 1 N–H and O–H groups in total. The number of carbonyl (C=O) groups is 1. The SMILES string of the molecule is CCOc1ccc(CC(=O)N2CCC3(CCNC3)CC2)cc1. The third-order valence-electron chi connectivity index (χ3n) is 5.10. The number of nitrogens with zero attached hydrogens (tertiary/aromatic N) is 1. The van der Waals surface area contributed by atoms with Crippen LogP contribution in [0.2, 0.25) is 0 Å². The third kappa shape index (κ3) is 3.43. The average molecular weight is 302 g/mol. The highest BCUT2D eigenvalue weighted by atomic mass is 16.5. The van der Waals surface area contributed by atoms with Gasteiger partial charge in [0.25, 0.3) is 0 Å². The zero-order chi connectivity index (χ0) is 15.4. The second-order valence-electron chi connectivity index (χ2n) is 6.56. The van der Waals surface area contributed by atoms with Gasteiger partial charge in [0, 0.05) is 19.6 Å². The largest absolute Gasteiger partial charge is 0.494 e. The van der Waals surface area contributed by atoms with Gasteiger partial charge in [-0.2, -0.15) is 0 Å². The summed E-state index contributed by atoms with van der Waals surface area (Å²) in [5, 5.41) is 3.47. The molecule has 2 aliphatic heterocycles. The number of rotatable bonds is 4. The van der Waals surface area contributed by atoms with Crippen LogP contribution < -0.4 is 10.1 Å². The van der Waals surface area contributed by atoms with Gasteiger partial charge in [-0.25, -0.2) is 0 Å². The molecule has 0 atom stereocenters. The molecule has 120 valence electrons. The van der Waals surface area contributed by atoms with Gasteiger partial charge in [-0.05, 0) is 55.8 Å². The number of amides is 1. The van der Waals surface area contributed by atoms with Gasteiger partial charge in [0.05, 0.1) is 13.0 Å². The Morgan fingerprint density at radius 3 is 2.55 bits per heavy atom. The lowest BCUT2D eigenvalue weighted by Crippen LogP contribution is -2.44. The maximum absolute atomic E-state index is 12.5. The fourth-order valence-electron chi connectivity index (χ4n) is 3.61. The Labute approximate surface area is 132 Å². The minimum absolute atomic E-state index is 0.255. The third-order valence-corrected chi connectivity index (χ3v) is 5.10. The molecule has 0 radical (unpaired) electrons. The molecule has 22 heavy (non-hydrogen) atoms. The van der Waals surface area contributed by atoms with Crippen molar-refractivity contribution in [2.24, 2.45) is 5.41 Å². The van der Waals surface area contributed by atoms with Crippen molar-refractivity contribution in [3.63, 3.8) is 0 Å². The van der Waals surface area contributed by atoms with Gasteiger partial charge < -0.3 is 15.0 Å². The fourth-order valence-corrected chi connectivity index (χ4v) is 3.61. The molecule has 0 saturated carbocycles. The summed E-state index contributed by atoms with van der Waals surface area (Å²) >= 11 is 0. The molecule has 4 nitrogen and oxygen atoms in total. The van der Waals surface area contributed by atoms with Crippen molar-refractivity contribution in [2.75, 3.05) is 32.8 Å². The molecule has 4 heteroatoms. The van der Waals surface area contributed by atoms with Gasteiger partial charge in [0.15, 0.2) is 0 Å². The molecule has 1 spiro atoms. The standard InChI is InChI=1S/C18H26N2O2/c1-2-22-16-5-3-15(4-6-16)13-17(21)20-11-8-18(9-12-20)7-10-19-14-18/h3-6,19H,2,7-14H2,1H3. The number of carbonyl (C=O) groups excluding carboxylic acids is 1. The molecule has 1 amide bonds. The van der Waals surface area contributed by atoms with Crippen LogP contribution in [-0.2, 0) is 11.2 Å². The van der Waals surface area contributed by atoms with E-state index in [0.717, 1.165) is 50.3 Å². The van der Waals surface area contributed by atoms with Crippen molar-refractivity contribution < 1.29 is 9.53 Å². The first kappa shape index (κ1) is 15.3. The van der Waals surface area contributed by atoms with E-state index in [1.807, 2.05) is 36.1 Å². The summed E-state index contributed by atoms with van der Waals surface area (Å²) in [4.78, 5) is 14.5. The van der Waals surface area contributed by atoms with Crippen LogP contribution in [0.3, 0.4) is 0 Å². The van der Waals surface area contributed by atoms with Crippen molar-refractivity contribution in [3.05, 3.63) is 29.8 Å². The molecule has 1 aromatic carbocycles. The predicted molar refractivity (Wildman–Crippen MR) is 87.0 cm³/mol. The summed E-state index contributed by atoms with van der Waals surface area (Å²) in [5.74, 6) is 1.12. The summed E-state index contributed by atoms with van der Waals surface area (Å²) in [7, 11) is 0. The van der Waals surface area contributed by atoms with E-state index in [1.165, 1.54) is 6.42 Å². The van der Waals surface area contributed by atoms with Crippen LogP contribution in [-0.4, -0.2) is 43.6 Å². The topological polar surface area (TPSA) is 41.6 Å². The maximum atomic E-state index is 12.5. The maximum Gasteiger partial charge on any atom is 0.226 e. The molecular weight excluding hydrogens is 276 g/mol. The number of benzene rings is 1. The number of hydrogen-bond acceptors (Lipinski definition) is 3. The predicted octanol–water partition coefficient (Wildman–Crippen LogP) is 2.23. The Kier molecular flexibility index (Phi) is 4.67. The van der Waals surface area contributed by atoms with Crippen molar-refractivity contribution in [3.8, 4) is 5.75 Å². The fraction of sp³-hybridized carbons (Fsp3) is 0.611. The Balaban J connectivity index is 1.52. The van der Waals surface area contributed by atoms with Crippen LogP contribution in [0.25, 0.3) is 0 Å². The minimum atomic E-state index is 0.255. The molecule has 0 aliphatic carbocycles. The lowest BCUT2D eigenvalue weighted by Gasteiger charge is -2.39. The second kappa shape index (κ2) is 6.69. The smallest absolute Gasteiger partial charge is 0.226 e. The first-order chi connectivity index (χ1) is 10.7.